The van der Waals surface area contributed by atoms with Gasteiger partial charge in [-0.15, -0.1) is 11.8 Å². The molecule has 5 heteroatoms. The van der Waals surface area contributed by atoms with Crippen LogP contribution in [0.5, 0.6) is 11.5 Å². The SMILES string of the molecule is COc1ccc(C2SCC(=O)Nc3ccc(OC)cc32)cc1. The molecule has 0 aliphatic carbocycles. The van der Waals surface area contributed by atoms with Crippen molar-refractivity contribution in [3.63, 3.8) is 0 Å². The van der Waals surface area contributed by atoms with Gasteiger partial charge in [0.15, 0.2) is 0 Å². The maximum absolute atomic E-state index is 11.9. The minimum absolute atomic E-state index is 0.0208. The number of anilines is 1. The minimum atomic E-state index is 0.0208. The Morgan fingerprint density at radius 3 is 2.41 bits per heavy atom. The van der Waals surface area contributed by atoms with E-state index in [0.29, 0.717) is 5.75 Å². The Hall–Kier alpha value is -2.14. The van der Waals surface area contributed by atoms with Crippen LogP contribution >= 0.6 is 11.8 Å². The molecule has 2 aromatic rings. The lowest BCUT2D eigenvalue weighted by atomic mass is 10.0. The zero-order valence-corrected chi connectivity index (χ0v) is 13.3. The molecule has 1 unspecified atom stereocenters. The molecule has 0 spiro atoms. The molecular weight excluding hydrogens is 298 g/mol. The van der Waals surface area contributed by atoms with E-state index in [2.05, 4.69) is 5.32 Å². The average Bonchev–Trinajstić information content (AvgIpc) is 2.72. The van der Waals surface area contributed by atoms with Crippen LogP contribution in [0, 0.1) is 0 Å². The second-order valence-electron chi connectivity index (χ2n) is 4.97. The molecule has 3 rings (SSSR count). The molecule has 0 bridgehead atoms. The first-order chi connectivity index (χ1) is 10.7. The van der Waals surface area contributed by atoms with Crippen LogP contribution < -0.4 is 14.8 Å². The van der Waals surface area contributed by atoms with E-state index in [-0.39, 0.29) is 11.2 Å². The summed E-state index contributed by atoms with van der Waals surface area (Å²) in [6.45, 7) is 0. The van der Waals surface area contributed by atoms with Crippen LogP contribution in [0.4, 0.5) is 5.69 Å². The smallest absolute Gasteiger partial charge is 0.234 e. The largest absolute Gasteiger partial charge is 0.497 e. The van der Waals surface area contributed by atoms with Crippen LogP contribution in [-0.4, -0.2) is 25.9 Å². The van der Waals surface area contributed by atoms with Crippen molar-refractivity contribution in [2.75, 3.05) is 25.3 Å². The number of fused-ring (bicyclic) bond motifs is 1. The van der Waals surface area contributed by atoms with Crippen molar-refractivity contribution in [2.45, 2.75) is 5.25 Å². The third-order valence-electron chi connectivity index (χ3n) is 3.61. The first-order valence-electron chi connectivity index (χ1n) is 6.94. The van der Waals surface area contributed by atoms with E-state index in [4.69, 9.17) is 9.47 Å². The zero-order valence-electron chi connectivity index (χ0n) is 12.5. The molecule has 4 nitrogen and oxygen atoms in total. The van der Waals surface area contributed by atoms with E-state index in [9.17, 15) is 4.79 Å². The molecule has 1 aliphatic rings. The molecule has 114 valence electrons. The van der Waals surface area contributed by atoms with Crippen LogP contribution in [0.25, 0.3) is 0 Å². The highest BCUT2D eigenvalue weighted by Crippen LogP contribution is 2.43. The quantitative estimate of drug-likeness (QED) is 0.942. The maximum Gasteiger partial charge on any atom is 0.234 e. The Bertz CT molecular complexity index is 685. The second kappa shape index (κ2) is 6.32. The summed E-state index contributed by atoms with van der Waals surface area (Å²) in [6.07, 6.45) is 0. The van der Waals surface area contributed by atoms with Crippen molar-refractivity contribution in [2.24, 2.45) is 0 Å². The van der Waals surface area contributed by atoms with Gasteiger partial charge in [-0.1, -0.05) is 12.1 Å². The number of carbonyl (C=O) groups excluding carboxylic acids is 1. The Labute approximate surface area is 133 Å². The van der Waals surface area contributed by atoms with E-state index in [1.807, 2.05) is 42.5 Å². The maximum atomic E-state index is 11.9. The van der Waals surface area contributed by atoms with Crippen LogP contribution in [0.2, 0.25) is 0 Å². The number of benzene rings is 2. The summed E-state index contributed by atoms with van der Waals surface area (Å²) in [5, 5.41) is 3.03. The highest BCUT2D eigenvalue weighted by molar-refractivity contribution is 8.00. The molecule has 1 amide bonds. The number of carbonyl (C=O) groups is 1. The number of amides is 1. The lowest BCUT2D eigenvalue weighted by molar-refractivity contribution is -0.113. The topological polar surface area (TPSA) is 47.6 Å². The van der Waals surface area contributed by atoms with Crippen molar-refractivity contribution in [1.29, 1.82) is 0 Å². The predicted octanol–water partition coefficient (Wildman–Crippen LogP) is 3.48. The first-order valence-corrected chi connectivity index (χ1v) is 7.99. The highest BCUT2D eigenvalue weighted by Gasteiger charge is 2.24. The average molecular weight is 315 g/mol. The van der Waals surface area contributed by atoms with E-state index < -0.39 is 0 Å². The number of hydrogen-bond acceptors (Lipinski definition) is 4. The van der Waals surface area contributed by atoms with Crippen LogP contribution in [0.15, 0.2) is 42.5 Å². The fourth-order valence-electron chi connectivity index (χ4n) is 2.49. The van der Waals surface area contributed by atoms with Gasteiger partial charge in [-0.05, 0) is 41.5 Å². The van der Waals surface area contributed by atoms with Gasteiger partial charge in [-0.3, -0.25) is 4.79 Å². The van der Waals surface area contributed by atoms with Gasteiger partial charge < -0.3 is 14.8 Å². The summed E-state index contributed by atoms with van der Waals surface area (Å²) in [5.41, 5.74) is 3.04. The van der Waals surface area contributed by atoms with Gasteiger partial charge >= 0.3 is 0 Å². The molecule has 0 fully saturated rings. The molecular formula is C17H17NO3S. The number of hydrogen-bond donors (Lipinski definition) is 1. The molecule has 1 heterocycles. The molecule has 22 heavy (non-hydrogen) atoms. The van der Waals surface area contributed by atoms with Crippen LogP contribution in [0.1, 0.15) is 16.4 Å². The first kappa shape index (κ1) is 14.8. The standard InChI is InChI=1S/C17H17NO3S/c1-20-12-5-3-11(4-6-12)17-14-9-13(21-2)7-8-15(14)18-16(19)10-22-17/h3-9,17H,10H2,1-2H3,(H,18,19). The molecule has 0 aromatic heterocycles. The van der Waals surface area contributed by atoms with Gasteiger partial charge in [-0.25, -0.2) is 0 Å². The summed E-state index contributed by atoms with van der Waals surface area (Å²) in [4.78, 5) is 11.9. The fourth-order valence-corrected chi connectivity index (χ4v) is 3.60. The monoisotopic (exact) mass is 315 g/mol. The Kier molecular flexibility index (Phi) is 4.24. The molecule has 1 atom stereocenters. The molecule has 0 saturated carbocycles. The van der Waals surface area contributed by atoms with Crippen molar-refractivity contribution in [3.8, 4) is 11.5 Å². The summed E-state index contributed by atoms with van der Waals surface area (Å²) < 4.78 is 10.5. The van der Waals surface area contributed by atoms with Gasteiger partial charge in [0.05, 0.1) is 25.2 Å². The third-order valence-corrected chi connectivity index (χ3v) is 4.90. The van der Waals surface area contributed by atoms with Gasteiger partial charge in [0, 0.05) is 5.69 Å². The summed E-state index contributed by atoms with van der Waals surface area (Å²) in [7, 11) is 3.30. The van der Waals surface area contributed by atoms with Crippen molar-refractivity contribution in [3.05, 3.63) is 53.6 Å². The molecule has 1 aliphatic heterocycles. The number of nitrogens with one attached hydrogen (secondary N) is 1. The van der Waals surface area contributed by atoms with E-state index in [1.165, 1.54) is 0 Å². The molecule has 0 saturated heterocycles. The minimum Gasteiger partial charge on any atom is -0.497 e. The predicted molar refractivity (Wildman–Crippen MR) is 88.9 cm³/mol. The number of ether oxygens (including phenoxy) is 2. The zero-order chi connectivity index (χ0) is 15.5. The number of rotatable bonds is 3. The lowest BCUT2D eigenvalue weighted by Gasteiger charge is -2.18. The summed E-state index contributed by atoms with van der Waals surface area (Å²) in [5.74, 6) is 2.05. The van der Waals surface area contributed by atoms with Gasteiger partial charge in [0.2, 0.25) is 5.91 Å². The Morgan fingerprint density at radius 1 is 1.05 bits per heavy atom. The Balaban J connectivity index is 2.05. The van der Waals surface area contributed by atoms with E-state index in [1.54, 1.807) is 26.0 Å². The van der Waals surface area contributed by atoms with Crippen molar-refractivity contribution >= 4 is 23.4 Å². The second-order valence-corrected chi connectivity index (χ2v) is 6.06. The summed E-state index contributed by atoms with van der Waals surface area (Å²) in [6, 6.07) is 13.7. The van der Waals surface area contributed by atoms with Gasteiger partial charge in [0.1, 0.15) is 11.5 Å². The number of methoxy groups -OCH3 is 2. The normalized spacial score (nSPS) is 17.2. The highest BCUT2D eigenvalue weighted by atomic mass is 32.2. The summed E-state index contributed by atoms with van der Waals surface area (Å²) >= 11 is 1.61. The fraction of sp³-hybridized carbons (Fsp3) is 0.235. The van der Waals surface area contributed by atoms with E-state index >= 15 is 0 Å². The lowest BCUT2D eigenvalue weighted by Crippen LogP contribution is -2.12. The van der Waals surface area contributed by atoms with E-state index in [0.717, 1.165) is 28.3 Å². The van der Waals surface area contributed by atoms with Gasteiger partial charge in [-0.2, -0.15) is 0 Å². The van der Waals surface area contributed by atoms with Crippen LogP contribution in [0.3, 0.4) is 0 Å². The third kappa shape index (κ3) is 2.90. The Morgan fingerprint density at radius 2 is 1.73 bits per heavy atom. The van der Waals surface area contributed by atoms with Crippen molar-refractivity contribution in [1.82, 2.24) is 0 Å². The van der Waals surface area contributed by atoms with Crippen molar-refractivity contribution < 1.29 is 14.3 Å². The van der Waals surface area contributed by atoms with Gasteiger partial charge in [0.25, 0.3) is 0 Å². The molecule has 2 aromatic carbocycles. The molecule has 0 radical (unpaired) electrons. The molecule has 1 N–H and O–H groups in total. The van der Waals surface area contributed by atoms with Crippen LogP contribution in [-0.2, 0) is 4.79 Å². The number of thioether (sulfide) groups is 1.